The summed E-state index contributed by atoms with van der Waals surface area (Å²) in [5.74, 6) is 0.694. The maximum absolute atomic E-state index is 10.8. The number of sulfone groups is 1. The van der Waals surface area contributed by atoms with Crippen molar-refractivity contribution in [3.63, 3.8) is 0 Å². The second kappa shape index (κ2) is 2.18. The zero-order valence-corrected chi connectivity index (χ0v) is 7.05. The Balaban J connectivity index is 1.84. The maximum atomic E-state index is 10.8. The molecule has 2 aliphatic heterocycles. The van der Waals surface area contributed by atoms with Crippen molar-refractivity contribution in [2.24, 2.45) is 5.73 Å². The van der Waals surface area contributed by atoms with E-state index in [0.717, 1.165) is 13.1 Å². The molecule has 0 bridgehead atoms. The van der Waals surface area contributed by atoms with Crippen LogP contribution in [-0.2, 0) is 9.84 Å². The van der Waals surface area contributed by atoms with Crippen molar-refractivity contribution in [3.8, 4) is 0 Å². The van der Waals surface area contributed by atoms with E-state index in [0.29, 0.717) is 11.5 Å². The van der Waals surface area contributed by atoms with Gasteiger partial charge in [-0.3, -0.25) is 4.90 Å². The number of nitrogens with two attached hydrogens (primary N) is 1. The van der Waals surface area contributed by atoms with Crippen molar-refractivity contribution < 1.29 is 8.42 Å². The van der Waals surface area contributed by atoms with Crippen LogP contribution in [0.5, 0.6) is 0 Å². The van der Waals surface area contributed by atoms with Gasteiger partial charge >= 0.3 is 0 Å². The highest BCUT2D eigenvalue weighted by Gasteiger charge is 2.41. The Hall–Kier alpha value is -0.130. The molecule has 64 valence electrons. The van der Waals surface area contributed by atoms with Gasteiger partial charge in [-0.25, -0.2) is 8.42 Å². The van der Waals surface area contributed by atoms with Gasteiger partial charge in [-0.05, 0) is 0 Å². The summed E-state index contributed by atoms with van der Waals surface area (Å²) in [4.78, 5) is 2.14. The second-order valence-electron chi connectivity index (χ2n) is 3.44. The summed E-state index contributed by atoms with van der Waals surface area (Å²) in [6.45, 7) is 1.75. The molecule has 0 atom stereocenters. The zero-order chi connectivity index (χ0) is 8.06. The van der Waals surface area contributed by atoms with Gasteiger partial charge in [-0.2, -0.15) is 0 Å². The van der Waals surface area contributed by atoms with E-state index in [1.54, 1.807) is 0 Å². The molecule has 0 aromatic rings. The van der Waals surface area contributed by atoms with Gasteiger partial charge in [0.25, 0.3) is 0 Å². The van der Waals surface area contributed by atoms with E-state index in [9.17, 15) is 8.42 Å². The van der Waals surface area contributed by atoms with Gasteiger partial charge in [0.1, 0.15) is 0 Å². The van der Waals surface area contributed by atoms with Gasteiger partial charge in [0.05, 0.1) is 11.5 Å². The predicted octanol–water partition coefficient (Wildman–Crippen LogP) is -1.57. The lowest BCUT2D eigenvalue weighted by Crippen LogP contribution is -2.65. The van der Waals surface area contributed by atoms with Crippen molar-refractivity contribution >= 4 is 9.84 Å². The average Bonchev–Trinajstić information content (AvgIpc) is 1.75. The van der Waals surface area contributed by atoms with Crippen LogP contribution in [0.1, 0.15) is 0 Å². The first-order chi connectivity index (χ1) is 5.07. The molecular formula is C6H12N2O2S. The van der Waals surface area contributed by atoms with Crippen LogP contribution in [-0.4, -0.2) is 50.0 Å². The van der Waals surface area contributed by atoms with E-state index in [-0.39, 0.29) is 12.1 Å². The van der Waals surface area contributed by atoms with E-state index in [1.165, 1.54) is 0 Å². The molecule has 4 nitrogen and oxygen atoms in total. The fourth-order valence-corrected chi connectivity index (χ4v) is 3.09. The molecule has 0 spiro atoms. The van der Waals surface area contributed by atoms with E-state index < -0.39 is 9.84 Å². The fraction of sp³-hybridized carbons (Fsp3) is 1.00. The van der Waals surface area contributed by atoms with Crippen LogP contribution in [0.4, 0.5) is 0 Å². The minimum absolute atomic E-state index is 0.276. The molecule has 2 fully saturated rings. The van der Waals surface area contributed by atoms with Gasteiger partial charge in [0.15, 0.2) is 9.84 Å². The Morgan fingerprint density at radius 3 is 2.18 bits per heavy atom. The molecule has 0 radical (unpaired) electrons. The molecule has 0 aromatic heterocycles. The number of hydrogen-bond acceptors (Lipinski definition) is 4. The topological polar surface area (TPSA) is 63.4 Å². The lowest BCUT2D eigenvalue weighted by Gasteiger charge is -2.45. The Labute approximate surface area is 66.3 Å². The number of likely N-dealkylation sites (tertiary alicyclic amines) is 1. The largest absolute Gasteiger partial charge is 0.325 e. The van der Waals surface area contributed by atoms with Crippen molar-refractivity contribution in [3.05, 3.63) is 0 Å². The van der Waals surface area contributed by atoms with Gasteiger partial charge in [0, 0.05) is 25.2 Å². The average molecular weight is 176 g/mol. The second-order valence-corrected chi connectivity index (χ2v) is 5.60. The summed E-state index contributed by atoms with van der Waals surface area (Å²) in [5.41, 5.74) is 5.56. The number of rotatable bonds is 1. The van der Waals surface area contributed by atoms with Gasteiger partial charge in [0.2, 0.25) is 0 Å². The standard InChI is InChI=1S/C6H12N2O2S/c7-5-1-8(2-5)6-3-11(9,10)4-6/h5-6H,1-4,7H2. The van der Waals surface area contributed by atoms with Crippen LogP contribution < -0.4 is 5.73 Å². The summed E-state index contributed by atoms with van der Waals surface area (Å²) >= 11 is 0. The lowest BCUT2D eigenvalue weighted by molar-refractivity contribution is 0.108. The third kappa shape index (κ3) is 1.28. The van der Waals surface area contributed by atoms with E-state index in [1.807, 2.05) is 0 Å². The monoisotopic (exact) mass is 176 g/mol. The van der Waals surface area contributed by atoms with Gasteiger partial charge in [-0.15, -0.1) is 0 Å². The zero-order valence-electron chi connectivity index (χ0n) is 6.23. The Bertz CT molecular complexity index is 244. The minimum Gasteiger partial charge on any atom is -0.325 e. The quantitative estimate of drug-likeness (QED) is 0.524. The Morgan fingerprint density at radius 2 is 1.82 bits per heavy atom. The Morgan fingerprint density at radius 1 is 1.27 bits per heavy atom. The van der Waals surface area contributed by atoms with Crippen molar-refractivity contribution in [2.45, 2.75) is 12.1 Å². The number of hydrogen-bond donors (Lipinski definition) is 1. The molecule has 5 heteroatoms. The predicted molar refractivity (Wildman–Crippen MR) is 42.0 cm³/mol. The highest BCUT2D eigenvalue weighted by atomic mass is 32.2. The number of nitrogens with zero attached hydrogens (tertiary/aromatic N) is 1. The van der Waals surface area contributed by atoms with Crippen LogP contribution in [0.15, 0.2) is 0 Å². The molecule has 2 N–H and O–H groups in total. The normalized spacial score (nSPS) is 32.8. The molecule has 0 amide bonds. The molecule has 0 unspecified atom stereocenters. The maximum Gasteiger partial charge on any atom is 0.153 e. The van der Waals surface area contributed by atoms with Crippen LogP contribution in [0.3, 0.4) is 0 Å². The molecule has 2 rings (SSSR count). The summed E-state index contributed by atoms with van der Waals surface area (Å²) < 4.78 is 21.5. The van der Waals surface area contributed by atoms with Crippen LogP contribution in [0, 0.1) is 0 Å². The van der Waals surface area contributed by atoms with Crippen molar-refractivity contribution in [2.75, 3.05) is 24.6 Å². The van der Waals surface area contributed by atoms with E-state index >= 15 is 0 Å². The van der Waals surface area contributed by atoms with E-state index in [4.69, 9.17) is 5.73 Å². The molecule has 0 aromatic carbocycles. The molecule has 2 aliphatic rings. The third-order valence-corrected chi connectivity index (χ3v) is 4.13. The Kier molecular flexibility index (Phi) is 1.49. The molecular weight excluding hydrogens is 164 g/mol. The SMILES string of the molecule is NC1CN(C2CS(=O)(=O)C2)C1. The summed E-state index contributed by atoms with van der Waals surface area (Å²) in [5, 5.41) is 0. The lowest BCUT2D eigenvalue weighted by atomic mass is 10.1. The first kappa shape index (κ1) is 7.52. The van der Waals surface area contributed by atoms with Gasteiger partial charge in [-0.1, -0.05) is 0 Å². The third-order valence-electron chi connectivity index (χ3n) is 2.35. The van der Waals surface area contributed by atoms with Crippen LogP contribution in [0.2, 0.25) is 0 Å². The van der Waals surface area contributed by atoms with Crippen molar-refractivity contribution in [1.82, 2.24) is 4.90 Å². The minimum atomic E-state index is -2.65. The highest BCUT2D eigenvalue weighted by Crippen LogP contribution is 2.21. The van der Waals surface area contributed by atoms with Crippen molar-refractivity contribution in [1.29, 1.82) is 0 Å². The van der Waals surface area contributed by atoms with Crippen LogP contribution in [0.25, 0.3) is 0 Å². The van der Waals surface area contributed by atoms with Crippen LogP contribution >= 0.6 is 0 Å². The van der Waals surface area contributed by atoms with E-state index in [2.05, 4.69) is 4.90 Å². The smallest absolute Gasteiger partial charge is 0.153 e. The molecule has 11 heavy (non-hydrogen) atoms. The first-order valence-electron chi connectivity index (χ1n) is 3.77. The van der Waals surface area contributed by atoms with Gasteiger partial charge < -0.3 is 5.73 Å². The summed E-state index contributed by atoms with van der Waals surface area (Å²) in [6, 6.07) is 0.554. The fourth-order valence-electron chi connectivity index (χ4n) is 1.60. The molecule has 2 heterocycles. The summed E-state index contributed by atoms with van der Waals surface area (Å²) in [7, 11) is -2.65. The molecule has 0 saturated carbocycles. The first-order valence-corrected chi connectivity index (χ1v) is 5.59. The molecule has 0 aliphatic carbocycles. The highest BCUT2D eigenvalue weighted by molar-refractivity contribution is 7.92. The summed E-state index contributed by atoms with van der Waals surface area (Å²) in [6.07, 6.45) is 0. The molecule has 2 saturated heterocycles.